The van der Waals surface area contributed by atoms with E-state index in [-0.39, 0.29) is 10.8 Å². The second kappa shape index (κ2) is 7.59. The molecule has 0 aliphatic heterocycles. The number of sulfonamides is 1. The molecule has 6 heteroatoms. The van der Waals surface area contributed by atoms with Crippen molar-refractivity contribution in [3.8, 4) is 0 Å². The fourth-order valence-corrected chi connectivity index (χ4v) is 3.42. The lowest BCUT2D eigenvalue weighted by Gasteiger charge is -2.11. The molecule has 0 bridgehead atoms. The third-order valence-corrected chi connectivity index (χ3v) is 5.23. The van der Waals surface area contributed by atoms with E-state index in [0.29, 0.717) is 17.8 Å². The highest BCUT2D eigenvalue weighted by molar-refractivity contribution is 7.89. The number of carbonyl (C=O) groups is 1. The van der Waals surface area contributed by atoms with Gasteiger partial charge in [0.15, 0.2) is 0 Å². The Balaban J connectivity index is 2.32. The van der Waals surface area contributed by atoms with Crippen molar-refractivity contribution in [2.24, 2.45) is 0 Å². The van der Waals surface area contributed by atoms with E-state index in [1.165, 1.54) is 12.1 Å². The summed E-state index contributed by atoms with van der Waals surface area (Å²) in [6.45, 7) is 5.82. The number of amides is 1. The Morgan fingerprint density at radius 2 is 1.83 bits per heavy atom. The van der Waals surface area contributed by atoms with E-state index in [1.54, 1.807) is 19.9 Å². The van der Waals surface area contributed by atoms with Gasteiger partial charge in [-0.2, -0.15) is 0 Å². The molecule has 0 radical (unpaired) electrons. The summed E-state index contributed by atoms with van der Waals surface area (Å²) < 4.78 is 26.7. The largest absolute Gasteiger partial charge is 0.322 e. The van der Waals surface area contributed by atoms with Crippen molar-refractivity contribution in [1.82, 2.24) is 4.72 Å². The summed E-state index contributed by atoms with van der Waals surface area (Å²) in [4.78, 5) is 12.6. The van der Waals surface area contributed by atoms with Crippen LogP contribution in [0.25, 0.3) is 0 Å². The van der Waals surface area contributed by atoms with Crippen LogP contribution in [0.3, 0.4) is 0 Å². The minimum Gasteiger partial charge on any atom is -0.322 e. The summed E-state index contributed by atoms with van der Waals surface area (Å²) >= 11 is 0. The Morgan fingerprint density at radius 3 is 2.50 bits per heavy atom. The van der Waals surface area contributed by atoms with Gasteiger partial charge in [-0.1, -0.05) is 32.0 Å². The molecule has 0 atom stereocenters. The van der Waals surface area contributed by atoms with Crippen LogP contribution in [-0.2, 0) is 16.4 Å². The monoisotopic (exact) mass is 346 g/mol. The van der Waals surface area contributed by atoms with Crippen LogP contribution < -0.4 is 10.0 Å². The fourth-order valence-electron chi connectivity index (χ4n) is 2.35. The van der Waals surface area contributed by atoms with Crippen LogP contribution in [0.1, 0.15) is 35.3 Å². The van der Waals surface area contributed by atoms with Crippen LogP contribution in [0, 0.1) is 6.92 Å². The zero-order chi connectivity index (χ0) is 17.7. The molecule has 0 saturated carbocycles. The van der Waals surface area contributed by atoms with E-state index in [4.69, 9.17) is 0 Å². The van der Waals surface area contributed by atoms with Gasteiger partial charge in [-0.15, -0.1) is 0 Å². The highest BCUT2D eigenvalue weighted by atomic mass is 32.2. The van der Waals surface area contributed by atoms with Gasteiger partial charge in [0.05, 0.1) is 4.90 Å². The van der Waals surface area contributed by atoms with Gasteiger partial charge in [0.25, 0.3) is 5.91 Å². The van der Waals surface area contributed by atoms with Crippen molar-refractivity contribution in [2.45, 2.75) is 32.1 Å². The van der Waals surface area contributed by atoms with Crippen molar-refractivity contribution in [3.63, 3.8) is 0 Å². The molecule has 0 spiro atoms. The van der Waals surface area contributed by atoms with Gasteiger partial charge in [0, 0.05) is 17.8 Å². The molecule has 128 valence electrons. The highest BCUT2D eigenvalue weighted by Gasteiger charge is 2.17. The lowest BCUT2D eigenvalue weighted by atomic mass is 10.1. The van der Waals surface area contributed by atoms with Crippen molar-refractivity contribution >= 4 is 21.6 Å². The molecule has 0 heterocycles. The highest BCUT2D eigenvalue weighted by Crippen LogP contribution is 2.18. The molecule has 2 aromatic carbocycles. The van der Waals surface area contributed by atoms with Crippen LogP contribution in [-0.4, -0.2) is 20.9 Å². The van der Waals surface area contributed by atoms with Crippen molar-refractivity contribution < 1.29 is 13.2 Å². The number of carbonyl (C=O) groups excluding carboxylic acids is 1. The number of anilines is 1. The Bertz CT molecular complexity index is 845. The summed E-state index contributed by atoms with van der Waals surface area (Å²) in [5, 5.41) is 2.83. The first-order valence-corrected chi connectivity index (χ1v) is 9.36. The molecule has 2 rings (SSSR count). The molecule has 0 aliphatic carbocycles. The molecule has 0 aromatic heterocycles. The lowest BCUT2D eigenvalue weighted by Crippen LogP contribution is -2.24. The predicted octanol–water partition coefficient (Wildman–Crippen LogP) is 3.11. The molecule has 5 nitrogen and oxygen atoms in total. The maximum absolute atomic E-state index is 12.5. The van der Waals surface area contributed by atoms with E-state index in [0.717, 1.165) is 17.5 Å². The van der Waals surface area contributed by atoms with Gasteiger partial charge in [0.2, 0.25) is 10.0 Å². The molecule has 2 aromatic rings. The summed E-state index contributed by atoms with van der Waals surface area (Å²) in [6, 6.07) is 12.1. The van der Waals surface area contributed by atoms with E-state index in [9.17, 15) is 13.2 Å². The van der Waals surface area contributed by atoms with Gasteiger partial charge >= 0.3 is 0 Å². The number of rotatable bonds is 6. The van der Waals surface area contributed by atoms with E-state index in [2.05, 4.69) is 10.0 Å². The Hall–Kier alpha value is -2.18. The van der Waals surface area contributed by atoms with Crippen molar-refractivity contribution in [1.29, 1.82) is 0 Å². The fraction of sp³-hybridized carbons (Fsp3) is 0.278. The number of hydrogen-bond donors (Lipinski definition) is 2. The van der Waals surface area contributed by atoms with Crippen LogP contribution in [0.15, 0.2) is 47.4 Å². The maximum Gasteiger partial charge on any atom is 0.255 e. The van der Waals surface area contributed by atoms with Gasteiger partial charge in [-0.05, 0) is 48.7 Å². The first-order chi connectivity index (χ1) is 11.4. The normalized spacial score (nSPS) is 11.3. The minimum absolute atomic E-state index is 0.0856. The van der Waals surface area contributed by atoms with Gasteiger partial charge in [0.1, 0.15) is 0 Å². The summed E-state index contributed by atoms with van der Waals surface area (Å²) in [5.41, 5.74) is 2.87. The number of aryl methyl sites for hydroxylation is 2. The zero-order valence-electron chi connectivity index (χ0n) is 14.1. The summed E-state index contributed by atoms with van der Waals surface area (Å²) in [7, 11) is -3.60. The molecule has 0 unspecified atom stereocenters. The Kier molecular flexibility index (Phi) is 5.75. The first kappa shape index (κ1) is 18.2. The summed E-state index contributed by atoms with van der Waals surface area (Å²) in [6.07, 6.45) is 0.874. The number of benzene rings is 2. The van der Waals surface area contributed by atoms with E-state index >= 15 is 0 Å². The molecule has 0 fully saturated rings. The smallest absolute Gasteiger partial charge is 0.255 e. The van der Waals surface area contributed by atoms with Crippen LogP contribution in [0.5, 0.6) is 0 Å². The molecule has 0 saturated heterocycles. The molecule has 1 amide bonds. The predicted molar refractivity (Wildman–Crippen MR) is 95.8 cm³/mol. The van der Waals surface area contributed by atoms with Gasteiger partial charge in [-0.25, -0.2) is 13.1 Å². The third kappa shape index (κ3) is 4.21. The van der Waals surface area contributed by atoms with Gasteiger partial charge in [-0.3, -0.25) is 4.79 Å². The number of hydrogen-bond acceptors (Lipinski definition) is 3. The van der Waals surface area contributed by atoms with Crippen LogP contribution >= 0.6 is 0 Å². The number of nitrogens with one attached hydrogen (secondary N) is 2. The second-order valence-corrected chi connectivity index (χ2v) is 7.25. The molecular formula is C18H22N2O3S. The quantitative estimate of drug-likeness (QED) is 0.844. The zero-order valence-corrected chi connectivity index (χ0v) is 14.9. The SMILES string of the molecule is CCNS(=O)(=O)c1ccc(C)c(C(=O)Nc2cccc(CC)c2)c1. The van der Waals surface area contributed by atoms with E-state index < -0.39 is 10.0 Å². The standard InChI is InChI=1S/C18H22N2O3S/c1-4-14-7-6-8-15(11-14)20-18(21)17-12-16(10-9-13(17)3)24(22,23)19-5-2/h6-12,19H,4-5H2,1-3H3,(H,20,21). The molecule has 24 heavy (non-hydrogen) atoms. The molecular weight excluding hydrogens is 324 g/mol. The molecule has 2 N–H and O–H groups in total. The van der Waals surface area contributed by atoms with Gasteiger partial charge < -0.3 is 5.32 Å². The maximum atomic E-state index is 12.5. The van der Waals surface area contributed by atoms with E-state index in [1.807, 2.05) is 31.2 Å². The van der Waals surface area contributed by atoms with Crippen LogP contribution in [0.2, 0.25) is 0 Å². The minimum atomic E-state index is -3.60. The second-order valence-electron chi connectivity index (χ2n) is 5.49. The van der Waals surface area contributed by atoms with Crippen molar-refractivity contribution in [2.75, 3.05) is 11.9 Å². The topological polar surface area (TPSA) is 75.3 Å². The average Bonchev–Trinajstić information content (AvgIpc) is 2.55. The summed E-state index contributed by atoms with van der Waals surface area (Å²) in [5.74, 6) is -0.325. The average molecular weight is 346 g/mol. The third-order valence-electron chi connectivity index (χ3n) is 3.69. The Morgan fingerprint density at radius 1 is 1.08 bits per heavy atom. The van der Waals surface area contributed by atoms with Crippen LogP contribution in [0.4, 0.5) is 5.69 Å². The molecule has 0 aliphatic rings. The Labute approximate surface area is 143 Å². The first-order valence-electron chi connectivity index (χ1n) is 7.88. The van der Waals surface area contributed by atoms with Crippen molar-refractivity contribution in [3.05, 3.63) is 59.2 Å². The lowest BCUT2D eigenvalue weighted by molar-refractivity contribution is 0.102.